The molecule has 4 heteroatoms. The van der Waals surface area contributed by atoms with Crippen molar-refractivity contribution in [2.75, 3.05) is 4.90 Å². The van der Waals surface area contributed by atoms with Crippen LogP contribution in [0.2, 0.25) is 0 Å². The van der Waals surface area contributed by atoms with E-state index in [4.69, 9.17) is 4.99 Å². The van der Waals surface area contributed by atoms with Crippen LogP contribution >= 0.6 is 0 Å². The minimum Gasteiger partial charge on any atom is -0.286 e. The number of anilines is 1. The first-order valence-electron chi connectivity index (χ1n) is 11.5. The molecule has 2 fully saturated rings. The van der Waals surface area contributed by atoms with Gasteiger partial charge in [-0.25, -0.2) is 4.79 Å². The first-order chi connectivity index (χ1) is 13.9. The summed E-state index contributed by atoms with van der Waals surface area (Å²) in [5, 5.41) is 0. The highest BCUT2D eigenvalue weighted by molar-refractivity contribution is 6.12. The molecule has 1 aromatic carbocycles. The number of aliphatic imine (C=N–C) groups is 1. The molecule has 1 aromatic rings. The van der Waals surface area contributed by atoms with E-state index in [0.717, 1.165) is 30.6 Å². The lowest BCUT2D eigenvalue weighted by molar-refractivity contribution is 0.102. The fourth-order valence-electron chi connectivity index (χ4n) is 6.34. The zero-order valence-corrected chi connectivity index (χ0v) is 19.5. The monoisotopic (exact) mass is 405 g/mol. The Kier molecular flexibility index (Phi) is 3.82. The molecule has 5 rings (SSSR count). The first kappa shape index (κ1) is 19.8. The fraction of sp³-hybridized carbons (Fsp3) is 0.615. The molecule has 3 heterocycles. The van der Waals surface area contributed by atoms with Crippen LogP contribution in [0.3, 0.4) is 0 Å². The van der Waals surface area contributed by atoms with E-state index in [2.05, 4.69) is 88.6 Å². The van der Waals surface area contributed by atoms with Crippen LogP contribution in [0, 0.1) is 17.8 Å². The van der Waals surface area contributed by atoms with Crippen LogP contribution in [0.15, 0.2) is 41.0 Å². The van der Waals surface area contributed by atoms with Crippen molar-refractivity contribution in [3.8, 4) is 0 Å². The Morgan fingerprint density at radius 2 is 1.60 bits per heavy atom. The Labute approximate surface area is 181 Å². The molecule has 0 bridgehead atoms. The Bertz CT molecular complexity index is 975. The summed E-state index contributed by atoms with van der Waals surface area (Å²) in [5.74, 6) is 0. The van der Waals surface area contributed by atoms with Crippen LogP contribution in [0.4, 0.5) is 10.5 Å². The fourth-order valence-corrected chi connectivity index (χ4v) is 6.34. The number of rotatable bonds is 1. The highest BCUT2D eigenvalue weighted by Gasteiger charge is 2.76. The number of benzene rings is 1. The number of urea groups is 1. The third-order valence-electron chi connectivity index (χ3n) is 7.67. The second kappa shape index (κ2) is 5.77. The molecule has 30 heavy (non-hydrogen) atoms. The second-order valence-electron chi connectivity index (χ2n) is 11.8. The molecule has 3 atom stereocenters. The number of amides is 2. The standard InChI is InChI=1S/C26H35N3O/c1-17-10-12-18(13-11-17)28-21-20(24(5,6)7)27-25-14-8-9-15-26(21,25)29(22(28)30)19(16-25)23(2,3)4/h10-13,16,21H,8-9,14-15H2,1-7H3. The zero-order chi connectivity index (χ0) is 21.7. The molecule has 1 spiro atoms. The molecule has 0 aromatic heterocycles. The summed E-state index contributed by atoms with van der Waals surface area (Å²) in [6.45, 7) is 15.5. The highest BCUT2D eigenvalue weighted by atomic mass is 16.2. The third-order valence-corrected chi connectivity index (χ3v) is 7.67. The zero-order valence-electron chi connectivity index (χ0n) is 19.5. The molecule has 1 aliphatic carbocycles. The van der Waals surface area contributed by atoms with Crippen molar-refractivity contribution in [1.29, 1.82) is 0 Å². The minimum absolute atomic E-state index is 0.0101. The van der Waals surface area contributed by atoms with Gasteiger partial charge in [0.25, 0.3) is 0 Å². The highest BCUT2D eigenvalue weighted by Crippen LogP contribution is 2.64. The number of carbonyl (C=O) groups excluding carboxylic acids is 1. The van der Waals surface area contributed by atoms with Gasteiger partial charge in [-0.15, -0.1) is 0 Å². The summed E-state index contributed by atoms with van der Waals surface area (Å²) >= 11 is 0. The summed E-state index contributed by atoms with van der Waals surface area (Å²) in [5.41, 5.74) is 3.79. The first-order valence-corrected chi connectivity index (χ1v) is 11.5. The molecule has 4 aliphatic rings. The Morgan fingerprint density at radius 3 is 2.20 bits per heavy atom. The lowest BCUT2D eigenvalue weighted by Crippen LogP contribution is -2.62. The van der Waals surface area contributed by atoms with Crippen LogP contribution in [0.25, 0.3) is 0 Å². The van der Waals surface area contributed by atoms with Gasteiger partial charge in [-0.05, 0) is 38.0 Å². The molecule has 3 aliphatic heterocycles. The van der Waals surface area contributed by atoms with E-state index >= 15 is 0 Å². The van der Waals surface area contributed by atoms with Gasteiger partial charge in [-0.2, -0.15) is 0 Å². The van der Waals surface area contributed by atoms with Crippen LogP contribution in [-0.2, 0) is 0 Å². The predicted molar refractivity (Wildman–Crippen MR) is 123 cm³/mol. The molecule has 1 saturated carbocycles. The molecule has 0 radical (unpaired) electrons. The van der Waals surface area contributed by atoms with Crippen molar-refractivity contribution >= 4 is 17.4 Å². The van der Waals surface area contributed by atoms with Crippen molar-refractivity contribution in [2.45, 2.75) is 91.3 Å². The van der Waals surface area contributed by atoms with Crippen LogP contribution in [0.5, 0.6) is 0 Å². The summed E-state index contributed by atoms with van der Waals surface area (Å²) in [6.07, 6.45) is 6.78. The minimum atomic E-state index is -0.281. The van der Waals surface area contributed by atoms with Gasteiger partial charge in [-0.3, -0.25) is 14.8 Å². The van der Waals surface area contributed by atoms with Crippen molar-refractivity contribution in [2.24, 2.45) is 15.8 Å². The Morgan fingerprint density at radius 1 is 0.967 bits per heavy atom. The van der Waals surface area contributed by atoms with Crippen molar-refractivity contribution in [1.82, 2.24) is 4.90 Å². The van der Waals surface area contributed by atoms with Crippen LogP contribution in [-0.4, -0.2) is 33.8 Å². The topological polar surface area (TPSA) is 35.9 Å². The molecular weight excluding hydrogens is 370 g/mol. The van der Waals surface area contributed by atoms with Gasteiger partial charge in [0.05, 0.1) is 0 Å². The van der Waals surface area contributed by atoms with E-state index in [-0.39, 0.29) is 34.0 Å². The summed E-state index contributed by atoms with van der Waals surface area (Å²) in [7, 11) is 0. The lowest BCUT2D eigenvalue weighted by Gasteiger charge is -2.46. The van der Waals surface area contributed by atoms with E-state index in [9.17, 15) is 4.79 Å². The number of hydrogen-bond acceptors (Lipinski definition) is 2. The van der Waals surface area contributed by atoms with Crippen molar-refractivity contribution in [3.63, 3.8) is 0 Å². The number of aryl methyl sites for hydroxylation is 1. The molecule has 3 unspecified atom stereocenters. The summed E-state index contributed by atoms with van der Waals surface area (Å²) in [6, 6.07) is 8.56. The van der Waals surface area contributed by atoms with Crippen LogP contribution < -0.4 is 4.90 Å². The summed E-state index contributed by atoms with van der Waals surface area (Å²) in [4.78, 5) is 24.0. The largest absolute Gasteiger partial charge is 0.330 e. The van der Waals surface area contributed by atoms with Gasteiger partial charge in [0.15, 0.2) is 0 Å². The van der Waals surface area contributed by atoms with Crippen molar-refractivity contribution in [3.05, 3.63) is 41.6 Å². The maximum absolute atomic E-state index is 14.2. The number of nitrogens with zero attached hydrogens (tertiary/aromatic N) is 3. The second-order valence-corrected chi connectivity index (χ2v) is 11.8. The maximum atomic E-state index is 14.2. The normalized spacial score (nSPS) is 32.9. The van der Waals surface area contributed by atoms with E-state index < -0.39 is 0 Å². The van der Waals surface area contributed by atoms with E-state index in [1.165, 1.54) is 17.7 Å². The van der Waals surface area contributed by atoms with Gasteiger partial charge in [0.2, 0.25) is 0 Å². The molecule has 2 amide bonds. The van der Waals surface area contributed by atoms with E-state index in [1.807, 2.05) is 0 Å². The average Bonchev–Trinajstić information content (AvgIpc) is 3.20. The molecule has 160 valence electrons. The lowest BCUT2D eigenvalue weighted by atomic mass is 9.65. The summed E-state index contributed by atoms with van der Waals surface area (Å²) < 4.78 is 0. The van der Waals surface area contributed by atoms with Gasteiger partial charge in [-0.1, -0.05) is 72.1 Å². The predicted octanol–water partition coefficient (Wildman–Crippen LogP) is 6.10. The van der Waals surface area contributed by atoms with E-state index in [1.54, 1.807) is 0 Å². The molecular formula is C26H35N3O. The van der Waals surface area contributed by atoms with Gasteiger partial charge in [0, 0.05) is 27.9 Å². The van der Waals surface area contributed by atoms with Gasteiger partial charge >= 0.3 is 6.03 Å². The molecule has 1 saturated heterocycles. The number of carbonyl (C=O) groups is 1. The number of allylic oxidation sites excluding steroid dienone is 1. The third kappa shape index (κ3) is 2.28. The Balaban J connectivity index is 1.80. The SMILES string of the molecule is Cc1ccc(N2C(=O)N3C(C(C)(C)C)=CC45CCCCC34C2C(C(C)(C)C)=N5)cc1. The maximum Gasteiger partial charge on any atom is 0.330 e. The molecule has 0 N–H and O–H groups in total. The average molecular weight is 406 g/mol. The van der Waals surface area contributed by atoms with Crippen molar-refractivity contribution < 1.29 is 4.79 Å². The number of hydrogen-bond donors (Lipinski definition) is 0. The van der Waals surface area contributed by atoms with Gasteiger partial charge in [0.1, 0.15) is 17.1 Å². The quantitative estimate of drug-likeness (QED) is 0.556. The smallest absolute Gasteiger partial charge is 0.286 e. The van der Waals surface area contributed by atoms with Crippen LogP contribution in [0.1, 0.15) is 72.8 Å². The van der Waals surface area contributed by atoms with Gasteiger partial charge < -0.3 is 0 Å². The Hall–Kier alpha value is -2.10. The molecule has 4 nitrogen and oxygen atoms in total. The van der Waals surface area contributed by atoms with E-state index in [0.29, 0.717) is 0 Å².